The second-order valence-electron chi connectivity index (χ2n) is 5.73. The summed E-state index contributed by atoms with van der Waals surface area (Å²) in [6, 6.07) is 6.68. The molecule has 0 aliphatic carbocycles. The topological polar surface area (TPSA) is 33.2 Å². The Kier molecular flexibility index (Phi) is 4.57. The molecule has 1 aromatic carbocycles. The maximum atomic E-state index is 11.4. The molecule has 1 saturated heterocycles. The zero-order chi connectivity index (χ0) is 15.5. The molecule has 1 aliphatic rings. The van der Waals surface area contributed by atoms with Gasteiger partial charge < -0.3 is 4.90 Å². The molecule has 0 unspecified atom stereocenters. The van der Waals surface area contributed by atoms with Gasteiger partial charge in [-0.05, 0) is 30.0 Å². The first kappa shape index (κ1) is 15.2. The normalized spacial score (nSPS) is 15.4. The zero-order valence-electron chi connectivity index (χ0n) is 13.3. The van der Waals surface area contributed by atoms with Crippen molar-refractivity contribution in [3.8, 4) is 11.3 Å². The van der Waals surface area contributed by atoms with Gasteiger partial charge in [0, 0.05) is 36.9 Å². The van der Waals surface area contributed by atoms with Crippen molar-refractivity contribution in [2.24, 2.45) is 0 Å². The number of hydrogen-bond donors (Lipinski definition) is 0. The molecule has 3 nitrogen and oxygen atoms in total. The second-order valence-corrected chi connectivity index (χ2v) is 6.57. The van der Waals surface area contributed by atoms with E-state index in [2.05, 4.69) is 42.3 Å². The van der Waals surface area contributed by atoms with E-state index in [1.54, 1.807) is 11.3 Å². The molecule has 22 heavy (non-hydrogen) atoms. The van der Waals surface area contributed by atoms with Crippen molar-refractivity contribution in [3.05, 3.63) is 34.7 Å². The van der Waals surface area contributed by atoms with E-state index >= 15 is 0 Å². The highest BCUT2D eigenvalue weighted by Gasteiger charge is 2.19. The van der Waals surface area contributed by atoms with Crippen LogP contribution < -0.4 is 4.90 Å². The summed E-state index contributed by atoms with van der Waals surface area (Å²) in [7, 11) is 0. The van der Waals surface area contributed by atoms with Crippen LogP contribution in [0.25, 0.3) is 11.3 Å². The van der Waals surface area contributed by atoms with Crippen LogP contribution >= 0.6 is 11.3 Å². The van der Waals surface area contributed by atoms with Crippen LogP contribution in [0.15, 0.2) is 23.6 Å². The molecule has 0 amide bonds. The number of carbonyl (C=O) groups is 1. The minimum absolute atomic E-state index is 0.371. The molecule has 1 fully saturated rings. The number of carbonyl (C=O) groups excluding carboxylic acids is 1. The summed E-state index contributed by atoms with van der Waals surface area (Å²) in [5.74, 6) is 0.371. The van der Waals surface area contributed by atoms with Gasteiger partial charge in [0.05, 0.1) is 5.69 Å². The van der Waals surface area contributed by atoms with Gasteiger partial charge in [0.25, 0.3) is 0 Å². The van der Waals surface area contributed by atoms with Gasteiger partial charge in [0.2, 0.25) is 0 Å². The number of anilines is 1. The molecular weight excluding hydrogens is 292 g/mol. The lowest BCUT2D eigenvalue weighted by atomic mass is 9.99. The third kappa shape index (κ3) is 3.07. The average Bonchev–Trinajstić information content (AvgIpc) is 3.05. The van der Waals surface area contributed by atoms with Crippen LogP contribution in [0, 0.1) is 0 Å². The number of aromatic nitrogens is 1. The first-order valence-corrected chi connectivity index (χ1v) is 8.93. The second kappa shape index (κ2) is 6.61. The van der Waals surface area contributed by atoms with Gasteiger partial charge >= 0.3 is 0 Å². The number of rotatable bonds is 4. The monoisotopic (exact) mass is 314 g/mol. The predicted molar refractivity (Wildman–Crippen MR) is 92.8 cm³/mol. The van der Waals surface area contributed by atoms with E-state index in [1.165, 1.54) is 16.7 Å². The van der Waals surface area contributed by atoms with Crippen LogP contribution in [0.3, 0.4) is 0 Å². The molecule has 4 heteroatoms. The number of Topliss-reactive ketones (excluding diaryl/α,β-unsaturated/α-hetero) is 1. The number of aryl methyl sites for hydroxylation is 2. The van der Waals surface area contributed by atoms with Crippen molar-refractivity contribution < 1.29 is 4.79 Å². The lowest BCUT2D eigenvalue weighted by molar-refractivity contribution is -0.119. The Balaban J connectivity index is 1.83. The maximum absolute atomic E-state index is 11.4. The van der Waals surface area contributed by atoms with E-state index in [0.717, 1.165) is 36.8 Å². The van der Waals surface area contributed by atoms with Crippen molar-refractivity contribution in [1.82, 2.24) is 4.98 Å². The first-order valence-electron chi connectivity index (χ1n) is 8.05. The SMILES string of the molecule is CCc1ccc(-c2csc(N3CCC(=O)CC3)n2)cc1CC. The molecule has 0 atom stereocenters. The Morgan fingerprint density at radius 2 is 1.86 bits per heavy atom. The highest BCUT2D eigenvalue weighted by atomic mass is 32.1. The number of ketones is 1. The summed E-state index contributed by atoms with van der Waals surface area (Å²) in [5.41, 5.74) is 5.09. The van der Waals surface area contributed by atoms with Crippen LogP contribution in [-0.4, -0.2) is 23.9 Å². The number of hydrogen-bond acceptors (Lipinski definition) is 4. The molecule has 1 aromatic heterocycles. The van der Waals surface area contributed by atoms with Crippen molar-refractivity contribution >= 4 is 22.3 Å². The fraction of sp³-hybridized carbons (Fsp3) is 0.444. The minimum atomic E-state index is 0.371. The maximum Gasteiger partial charge on any atom is 0.185 e. The summed E-state index contributed by atoms with van der Waals surface area (Å²) in [6.45, 7) is 6.02. The summed E-state index contributed by atoms with van der Waals surface area (Å²) < 4.78 is 0. The molecule has 0 spiro atoms. The summed E-state index contributed by atoms with van der Waals surface area (Å²) in [6.07, 6.45) is 3.44. The molecule has 2 aromatic rings. The van der Waals surface area contributed by atoms with Gasteiger partial charge in [-0.1, -0.05) is 26.0 Å². The molecule has 0 radical (unpaired) electrons. The van der Waals surface area contributed by atoms with E-state index < -0.39 is 0 Å². The highest BCUT2D eigenvalue weighted by Crippen LogP contribution is 2.30. The molecule has 0 bridgehead atoms. The van der Waals surface area contributed by atoms with E-state index in [1.807, 2.05) is 0 Å². The third-order valence-electron chi connectivity index (χ3n) is 4.35. The fourth-order valence-electron chi connectivity index (χ4n) is 2.95. The highest BCUT2D eigenvalue weighted by molar-refractivity contribution is 7.14. The third-order valence-corrected chi connectivity index (χ3v) is 5.25. The molecule has 2 heterocycles. The number of thiazole rings is 1. The van der Waals surface area contributed by atoms with Crippen molar-refractivity contribution in [1.29, 1.82) is 0 Å². The van der Waals surface area contributed by atoms with Gasteiger partial charge in [0.15, 0.2) is 5.13 Å². The number of piperidine rings is 1. The van der Waals surface area contributed by atoms with Crippen LogP contribution in [-0.2, 0) is 17.6 Å². The van der Waals surface area contributed by atoms with Gasteiger partial charge in [-0.3, -0.25) is 4.79 Å². The molecule has 3 rings (SSSR count). The quantitative estimate of drug-likeness (QED) is 0.851. The van der Waals surface area contributed by atoms with Crippen LogP contribution in [0.4, 0.5) is 5.13 Å². The van der Waals surface area contributed by atoms with Crippen molar-refractivity contribution in [3.63, 3.8) is 0 Å². The Labute approximate surface area is 136 Å². The van der Waals surface area contributed by atoms with E-state index in [-0.39, 0.29) is 0 Å². The Hall–Kier alpha value is -1.68. The lowest BCUT2D eigenvalue weighted by Crippen LogP contribution is -2.33. The van der Waals surface area contributed by atoms with Gasteiger partial charge in [0.1, 0.15) is 5.78 Å². The first-order chi connectivity index (χ1) is 10.7. The largest absolute Gasteiger partial charge is 0.347 e. The molecular formula is C18H22N2OS. The van der Waals surface area contributed by atoms with E-state index in [9.17, 15) is 4.79 Å². The Bertz CT molecular complexity index is 667. The summed E-state index contributed by atoms with van der Waals surface area (Å²) >= 11 is 1.68. The summed E-state index contributed by atoms with van der Waals surface area (Å²) in [5, 5.41) is 3.17. The number of nitrogens with zero attached hydrogens (tertiary/aromatic N) is 2. The molecule has 0 N–H and O–H groups in total. The van der Waals surface area contributed by atoms with E-state index in [0.29, 0.717) is 18.6 Å². The average molecular weight is 314 g/mol. The van der Waals surface area contributed by atoms with Crippen molar-refractivity contribution in [2.75, 3.05) is 18.0 Å². The fourth-order valence-corrected chi connectivity index (χ4v) is 3.84. The summed E-state index contributed by atoms with van der Waals surface area (Å²) in [4.78, 5) is 18.4. The van der Waals surface area contributed by atoms with Gasteiger partial charge in [-0.2, -0.15) is 0 Å². The smallest absolute Gasteiger partial charge is 0.185 e. The van der Waals surface area contributed by atoms with Crippen LogP contribution in [0.1, 0.15) is 37.8 Å². The van der Waals surface area contributed by atoms with Gasteiger partial charge in [-0.15, -0.1) is 11.3 Å². The number of benzene rings is 1. The van der Waals surface area contributed by atoms with E-state index in [4.69, 9.17) is 4.98 Å². The lowest BCUT2D eigenvalue weighted by Gasteiger charge is -2.25. The van der Waals surface area contributed by atoms with Gasteiger partial charge in [-0.25, -0.2) is 4.98 Å². The standard InChI is InChI=1S/C18H22N2OS/c1-3-13-5-6-15(11-14(13)4-2)17-12-22-18(19-17)20-9-7-16(21)8-10-20/h5-6,11-12H,3-4,7-10H2,1-2H3. The van der Waals surface area contributed by atoms with Crippen LogP contribution in [0.5, 0.6) is 0 Å². The predicted octanol–water partition coefficient (Wildman–Crippen LogP) is 4.10. The minimum Gasteiger partial charge on any atom is -0.347 e. The van der Waals surface area contributed by atoms with Crippen LogP contribution in [0.2, 0.25) is 0 Å². The Morgan fingerprint density at radius 3 is 2.55 bits per heavy atom. The molecule has 1 aliphatic heterocycles. The Morgan fingerprint density at radius 1 is 1.14 bits per heavy atom. The molecule has 0 saturated carbocycles. The molecule has 116 valence electrons. The zero-order valence-corrected chi connectivity index (χ0v) is 14.1. The van der Waals surface area contributed by atoms with Crippen molar-refractivity contribution in [2.45, 2.75) is 39.5 Å².